The quantitative estimate of drug-likeness (QED) is 0.678. The molecule has 0 saturated heterocycles. The maximum Gasteiger partial charge on any atom is 0.120 e. The largest absolute Gasteiger partial charge is 0.384 e. The van der Waals surface area contributed by atoms with Crippen LogP contribution in [0.1, 0.15) is 11.8 Å². The minimum absolute atomic E-state index is 0.236. The van der Waals surface area contributed by atoms with E-state index in [0.29, 0.717) is 18.8 Å². The van der Waals surface area contributed by atoms with E-state index < -0.39 is 6.10 Å². The van der Waals surface area contributed by atoms with Crippen LogP contribution in [0.3, 0.4) is 0 Å². The van der Waals surface area contributed by atoms with E-state index in [1.54, 1.807) is 11.8 Å². The van der Waals surface area contributed by atoms with Gasteiger partial charge in [-0.05, 0) is 0 Å². The normalized spacial score (nSPS) is 13.1. The molecule has 0 saturated carbocycles. The predicted octanol–water partition coefficient (Wildman–Crippen LogP) is -0.396. The van der Waals surface area contributed by atoms with E-state index in [9.17, 15) is 5.11 Å². The highest BCUT2D eigenvalue weighted by atomic mass is 16.5. The van der Waals surface area contributed by atoms with Gasteiger partial charge in [-0.3, -0.25) is 0 Å². The van der Waals surface area contributed by atoms with Gasteiger partial charge in [0, 0.05) is 14.2 Å². The Bertz CT molecular complexity index is 264. The van der Waals surface area contributed by atoms with Crippen molar-refractivity contribution in [3.05, 3.63) is 11.9 Å². The summed E-state index contributed by atoms with van der Waals surface area (Å²) in [6.45, 7) is 1.35. The van der Waals surface area contributed by atoms with Crippen LogP contribution in [0.15, 0.2) is 6.20 Å². The number of rotatable bonds is 6. The van der Waals surface area contributed by atoms with Gasteiger partial charge in [0.2, 0.25) is 0 Å². The van der Waals surface area contributed by atoms with Crippen molar-refractivity contribution in [3.63, 3.8) is 0 Å². The third kappa shape index (κ3) is 2.76. The number of hydrogen-bond acceptors (Lipinski definition) is 5. The Balaban J connectivity index is 2.61. The van der Waals surface area contributed by atoms with Crippen molar-refractivity contribution in [2.24, 2.45) is 0 Å². The van der Waals surface area contributed by atoms with E-state index in [1.165, 1.54) is 13.3 Å². The van der Waals surface area contributed by atoms with E-state index >= 15 is 0 Å². The van der Waals surface area contributed by atoms with Crippen LogP contribution in [0.4, 0.5) is 0 Å². The van der Waals surface area contributed by atoms with Crippen molar-refractivity contribution < 1.29 is 14.6 Å². The Labute approximate surface area is 82.4 Å². The number of aliphatic hydroxyl groups excluding tert-OH is 1. The van der Waals surface area contributed by atoms with Crippen LogP contribution in [0, 0.1) is 0 Å². The number of methoxy groups -OCH3 is 2. The van der Waals surface area contributed by atoms with Gasteiger partial charge in [0.15, 0.2) is 0 Å². The fraction of sp³-hybridized carbons (Fsp3) is 0.750. The number of hydrogen-bond donors (Lipinski definition) is 1. The van der Waals surface area contributed by atoms with Crippen LogP contribution in [-0.4, -0.2) is 47.5 Å². The SMILES string of the molecule is COCCn1nncc1[C@H](O)COC. The van der Waals surface area contributed by atoms with Gasteiger partial charge in [-0.25, -0.2) is 4.68 Å². The number of aliphatic hydroxyl groups is 1. The number of aromatic nitrogens is 3. The fourth-order valence-corrected chi connectivity index (χ4v) is 1.12. The van der Waals surface area contributed by atoms with Crippen molar-refractivity contribution in [2.75, 3.05) is 27.4 Å². The average molecular weight is 201 g/mol. The van der Waals surface area contributed by atoms with Crippen molar-refractivity contribution in [3.8, 4) is 0 Å². The molecular formula is C8H15N3O3. The van der Waals surface area contributed by atoms with Crippen LogP contribution in [0.5, 0.6) is 0 Å². The Hall–Kier alpha value is -0.980. The molecule has 6 heteroatoms. The lowest BCUT2D eigenvalue weighted by atomic mass is 10.3. The zero-order valence-corrected chi connectivity index (χ0v) is 8.38. The summed E-state index contributed by atoms with van der Waals surface area (Å²) in [4.78, 5) is 0. The van der Waals surface area contributed by atoms with E-state index in [-0.39, 0.29) is 6.61 Å². The standard InChI is InChI=1S/C8H15N3O3/c1-13-4-3-11-7(5-9-10-11)8(12)6-14-2/h5,8,12H,3-4,6H2,1-2H3/t8-/m1/s1. The minimum Gasteiger partial charge on any atom is -0.384 e. The molecule has 0 aliphatic rings. The summed E-state index contributed by atoms with van der Waals surface area (Å²) in [5.41, 5.74) is 0.643. The number of nitrogens with zero attached hydrogens (tertiary/aromatic N) is 3. The lowest BCUT2D eigenvalue weighted by molar-refractivity contribution is 0.0573. The van der Waals surface area contributed by atoms with Crippen molar-refractivity contribution >= 4 is 0 Å². The summed E-state index contributed by atoms with van der Waals surface area (Å²) in [5.74, 6) is 0. The molecular weight excluding hydrogens is 186 g/mol. The van der Waals surface area contributed by atoms with Crippen molar-refractivity contribution in [2.45, 2.75) is 12.6 Å². The summed E-state index contributed by atoms with van der Waals surface area (Å²) in [5, 5.41) is 17.2. The first-order valence-corrected chi connectivity index (χ1v) is 4.34. The zero-order chi connectivity index (χ0) is 10.4. The van der Waals surface area contributed by atoms with Gasteiger partial charge in [-0.15, -0.1) is 5.10 Å². The fourth-order valence-electron chi connectivity index (χ4n) is 1.12. The Morgan fingerprint density at radius 1 is 1.50 bits per heavy atom. The van der Waals surface area contributed by atoms with Gasteiger partial charge in [0.05, 0.1) is 31.6 Å². The lowest BCUT2D eigenvalue weighted by Crippen LogP contribution is -2.15. The van der Waals surface area contributed by atoms with E-state index in [0.717, 1.165) is 0 Å². The monoisotopic (exact) mass is 201 g/mol. The first kappa shape index (κ1) is 11.1. The number of ether oxygens (including phenoxy) is 2. The third-order valence-corrected chi connectivity index (χ3v) is 1.82. The molecule has 1 N–H and O–H groups in total. The molecule has 1 aromatic rings. The van der Waals surface area contributed by atoms with Gasteiger partial charge in [-0.2, -0.15) is 0 Å². The highest BCUT2D eigenvalue weighted by Gasteiger charge is 2.13. The Kier molecular flexibility index (Phi) is 4.51. The molecule has 0 spiro atoms. The van der Waals surface area contributed by atoms with Gasteiger partial charge in [0.1, 0.15) is 6.10 Å². The molecule has 6 nitrogen and oxygen atoms in total. The molecule has 1 aromatic heterocycles. The van der Waals surface area contributed by atoms with Gasteiger partial charge in [-0.1, -0.05) is 5.21 Å². The lowest BCUT2D eigenvalue weighted by Gasteiger charge is -2.10. The topological polar surface area (TPSA) is 69.4 Å². The minimum atomic E-state index is -0.688. The van der Waals surface area contributed by atoms with E-state index in [1.807, 2.05) is 0 Å². The molecule has 0 amide bonds. The molecule has 80 valence electrons. The second-order valence-corrected chi connectivity index (χ2v) is 2.85. The summed E-state index contributed by atoms with van der Waals surface area (Å²) < 4.78 is 11.3. The van der Waals surface area contributed by atoms with Gasteiger partial charge >= 0.3 is 0 Å². The van der Waals surface area contributed by atoms with Crippen LogP contribution >= 0.6 is 0 Å². The third-order valence-electron chi connectivity index (χ3n) is 1.82. The molecule has 0 bridgehead atoms. The smallest absolute Gasteiger partial charge is 0.120 e. The molecule has 0 unspecified atom stereocenters. The van der Waals surface area contributed by atoms with Crippen molar-refractivity contribution in [1.29, 1.82) is 0 Å². The summed E-state index contributed by atoms with van der Waals surface area (Å²) in [6.07, 6.45) is 0.839. The predicted molar refractivity (Wildman–Crippen MR) is 48.7 cm³/mol. The van der Waals surface area contributed by atoms with Crippen LogP contribution in [-0.2, 0) is 16.0 Å². The molecule has 1 heterocycles. The molecule has 0 aliphatic heterocycles. The molecule has 0 fully saturated rings. The molecule has 0 radical (unpaired) electrons. The highest BCUT2D eigenvalue weighted by Crippen LogP contribution is 2.10. The van der Waals surface area contributed by atoms with Crippen molar-refractivity contribution in [1.82, 2.24) is 15.0 Å². The van der Waals surface area contributed by atoms with Gasteiger partial charge in [0.25, 0.3) is 0 Å². The first-order chi connectivity index (χ1) is 6.79. The zero-order valence-electron chi connectivity index (χ0n) is 8.38. The maximum absolute atomic E-state index is 9.62. The molecule has 1 atom stereocenters. The molecule has 14 heavy (non-hydrogen) atoms. The highest BCUT2D eigenvalue weighted by molar-refractivity contribution is 4.98. The van der Waals surface area contributed by atoms with E-state index in [2.05, 4.69) is 10.3 Å². The van der Waals surface area contributed by atoms with E-state index in [4.69, 9.17) is 9.47 Å². The van der Waals surface area contributed by atoms with Crippen LogP contribution in [0.2, 0.25) is 0 Å². The van der Waals surface area contributed by atoms with Crippen LogP contribution in [0.25, 0.3) is 0 Å². The van der Waals surface area contributed by atoms with Crippen LogP contribution < -0.4 is 0 Å². The Morgan fingerprint density at radius 3 is 2.93 bits per heavy atom. The summed E-state index contributed by atoms with van der Waals surface area (Å²) in [6, 6.07) is 0. The second-order valence-electron chi connectivity index (χ2n) is 2.85. The summed E-state index contributed by atoms with van der Waals surface area (Å²) >= 11 is 0. The first-order valence-electron chi connectivity index (χ1n) is 4.34. The molecule has 0 aromatic carbocycles. The Morgan fingerprint density at radius 2 is 2.29 bits per heavy atom. The molecule has 1 rings (SSSR count). The maximum atomic E-state index is 9.62. The van der Waals surface area contributed by atoms with Gasteiger partial charge < -0.3 is 14.6 Å². The summed E-state index contributed by atoms with van der Waals surface area (Å²) in [7, 11) is 3.15. The second kappa shape index (κ2) is 5.69. The average Bonchev–Trinajstić information content (AvgIpc) is 2.63. The molecule has 0 aliphatic carbocycles.